The first-order valence-corrected chi connectivity index (χ1v) is 8.26. The minimum absolute atomic E-state index is 0.371. The Bertz CT molecular complexity index is 784. The van der Waals surface area contributed by atoms with E-state index in [0.29, 0.717) is 6.04 Å². The van der Waals surface area contributed by atoms with Crippen LogP contribution in [0.1, 0.15) is 20.3 Å². The molecule has 0 radical (unpaired) electrons. The Kier molecular flexibility index (Phi) is 4.39. The van der Waals surface area contributed by atoms with Crippen LogP contribution >= 0.6 is 15.9 Å². The summed E-state index contributed by atoms with van der Waals surface area (Å²) in [5.74, 6) is 1.65. The minimum Gasteiger partial charge on any atom is -0.367 e. The van der Waals surface area contributed by atoms with Gasteiger partial charge in [0.2, 0.25) is 0 Å². The first kappa shape index (κ1) is 15.0. The fourth-order valence-electron chi connectivity index (χ4n) is 2.25. The highest BCUT2D eigenvalue weighted by Crippen LogP contribution is 2.26. The van der Waals surface area contributed by atoms with E-state index in [0.717, 1.165) is 39.0 Å². The number of nitrogens with one attached hydrogen (secondary N) is 1. The molecule has 112 valence electrons. The lowest BCUT2D eigenvalue weighted by Crippen LogP contribution is -2.15. The van der Waals surface area contributed by atoms with Crippen molar-refractivity contribution in [3.63, 3.8) is 0 Å². The predicted octanol–water partition coefficient (Wildman–Crippen LogP) is 5.27. The Labute approximate surface area is 138 Å². The molecule has 1 N–H and O–H groups in total. The van der Waals surface area contributed by atoms with Gasteiger partial charge in [-0.3, -0.25) is 0 Å². The van der Waals surface area contributed by atoms with Crippen LogP contribution in [0.25, 0.3) is 22.3 Å². The van der Waals surface area contributed by atoms with Gasteiger partial charge < -0.3 is 5.32 Å². The maximum absolute atomic E-state index is 4.75. The van der Waals surface area contributed by atoms with Crippen molar-refractivity contribution in [2.45, 2.75) is 26.3 Å². The number of hydrogen-bond donors (Lipinski definition) is 1. The first-order chi connectivity index (χ1) is 10.7. The van der Waals surface area contributed by atoms with Gasteiger partial charge in [0.1, 0.15) is 5.82 Å². The largest absolute Gasteiger partial charge is 0.367 e. The van der Waals surface area contributed by atoms with Crippen molar-refractivity contribution < 1.29 is 0 Å². The molecular formula is C18H18BrN3. The Morgan fingerprint density at radius 2 is 1.77 bits per heavy atom. The molecule has 1 heterocycles. The van der Waals surface area contributed by atoms with Crippen molar-refractivity contribution in [3.8, 4) is 11.4 Å². The molecule has 0 aliphatic carbocycles. The molecule has 0 bridgehead atoms. The minimum atomic E-state index is 0.371. The van der Waals surface area contributed by atoms with Crippen molar-refractivity contribution in [1.29, 1.82) is 0 Å². The molecule has 0 spiro atoms. The average Bonchev–Trinajstić information content (AvgIpc) is 2.55. The van der Waals surface area contributed by atoms with E-state index < -0.39 is 0 Å². The quantitative estimate of drug-likeness (QED) is 0.692. The van der Waals surface area contributed by atoms with E-state index in [1.54, 1.807) is 0 Å². The maximum Gasteiger partial charge on any atom is 0.162 e. The summed E-state index contributed by atoms with van der Waals surface area (Å²) in [6, 6.07) is 16.6. The summed E-state index contributed by atoms with van der Waals surface area (Å²) < 4.78 is 1.05. The van der Waals surface area contributed by atoms with Gasteiger partial charge in [-0.05, 0) is 37.6 Å². The fraction of sp³-hybridized carbons (Fsp3) is 0.222. The van der Waals surface area contributed by atoms with Gasteiger partial charge in [0.05, 0.1) is 5.52 Å². The molecule has 3 rings (SSSR count). The zero-order valence-electron chi connectivity index (χ0n) is 12.7. The van der Waals surface area contributed by atoms with Crippen LogP contribution < -0.4 is 5.32 Å². The van der Waals surface area contributed by atoms with Crippen LogP contribution in [-0.4, -0.2) is 16.0 Å². The Morgan fingerprint density at radius 3 is 2.50 bits per heavy atom. The Hall–Kier alpha value is -1.94. The lowest BCUT2D eigenvalue weighted by Gasteiger charge is -2.15. The predicted molar refractivity (Wildman–Crippen MR) is 96.0 cm³/mol. The number of fused-ring (bicyclic) bond motifs is 1. The molecule has 1 aromatic heterocycles. The summed E-state index contributed by atoms with van der Waals surface area (Å²) in [7, 11) is 0. The molecule has 0 aliphatic heterocycles. The second-order valence-corrected chi connectivity index (χ2v) is 6.29. The van der Waals surface area contributed by atoms with Crippen LogP contribution in [0, 0.1) is 0 Å². The van der Waals surface area contributed by atoms with Gasteiger partial charge in [0.15, 0.2) is 5.82 Å². The highest BCUT2D eigenvalue weighted by molar-refractivity contribution is 9.10. The van der Waals surface area contributed by atoms with Crippen LogP contribution in [0.2, 0.25) is 0 Å². The van der Waals surface area contributed by atoms with E-state index in [4.69, 9.17) is 9.97 Å². The van der Waals surface area contributed by atoms with Gasteiger partial charge in [-0.1, -0.05) is 47.1 Å². The normalized spacial score (nSPS) is 12.3. The molecule has 0 unspecified atom stereocenters. The average molecular weight is 356 g/mol. The zero-order valence-corrected chi connectivity index (χ0v) is 14.3. The number of para-hydroxylation sites is 1. The van der Waals surface area contributed by atoms with E-state index in [1.165, 1.54) is 0 Å². The van der Waals surface area contributed by atoms with Gasteiger partial charge in [-0.2, -0.15) is 0 Å². The lowest BCUT2D eigenvalue weighted by atomic mass is 10.1. The first-order valence-electron chi connectivity index (χ1n) is 7.46. The smallest absolute Gasteiger partial charge is 0.162 e. The van der Waals surface area contributed by atoms with E-state index in [9.17, 15) is 0 Å². The molecule has 0 fully saturated rings. The number of hydrogen-bond acceptors (Lipinski definition) is 3. The van der Waals surface area contributed by atoms with Crippen molar-refractivity contribution in [3.05, 3.63) is 53.0 Å². The lowest BCUT2D eigenvalue weighted by molar-refractivity contribution is 0.760. The van der Waals surface area contributed by atoms with E-state index in [2.05, 4.69) is 41.2 Å². The zero-order chi connectivity index (χ0) is 15.5. The summed E-state index contributed by atoms with van der Waals surface area (Å²) in [4.78, 5) is 9.45. The third kappa shape index (κ3) is 3.12. The summed E-state index contributed by atoms with van der Waals surface area (Å²) >= 11 is 3.46. The molecule has 4 heteroatoms. The van der Waals surface area contributed by atoms with E-state index in [-0.39, 0.29) is 0 Å². The highest BCUT2D eigenvalue weighted by atomic mass is 79.9. The second kappa shape index (κ2) is 6.44. The van der Waals surface area contributed by atoms with Crippen LogP contribution in [0.15, 0.2) is 53.0 Å². The van der Waals surface area contributed by atoms with Crippen LogP contribution in [0.4, 0.5) is 5.82 Å². The van der Waals surface area contributed by atoms with Gasteiger partial charge in [-0.25, -0.2) is 9.97 Å². The molecule has 22 heavy (non-hydrogen) atoms. The van der Waals surface area contributed by atoms with E-state index in [1.807, 2.05) is 42.5 Å². The number of aromatic nitrogens is 2. The van der Waals surface area contributed by atoms with Crippen molar-refractivity contribution in [2.75, 3.05) is 5.32 Å². The summed E-state index contributed by atoms with van der Waals surface area (Å²) in [5.41, 5.74) is 1.97. The van der Waals surface area contributed by atoms with Gasteiger partial charge in [0.25, 0.3) is 0 Å². The van der Waals surface area contributed by atoms with Crippen molar-refractivity contribution in [1.82, 2.24) is 9.97 Å². The second-order valence-electron chi connectivity index (χ2n) is 5.37. The number of benzene rings is 2. The standard InChI is InChI=1S/C18H18BrN3/c1-3-12(2)20-18-15-6-4-5-7-16(15)21-17(22-18)13-8-10-14(19)11-9-13/h4-12H,3H2,1-2H3,(H,20,21,22)/t12-/m1/s1. The number of nitrogens with zero attached hydrogens (tertiary/aromatic N) is 2. The van der Waals surface area contributed by atoms with Crippen molar-refractivity contribution >= 4 is 32.7 Å². The molecule has 0 saturated heterocycles. The van der Waals surface area contributed by atoms with Crippen LogP contribution in [0.3, 0.4) is 0 Å². The molecule has 0 aliphatic rings. The van der Waals surface area contributed by atoms with Gasteiger partial charge >= 0.3 is 0 Å². The monoisotopic (exact) mass is 355 g/mol. The molecule has 1 atom stereocenters. The molecule has 3 aromatic rings. The molecular weight excluding hydrogens is 338 g/mol. The summed E-state index contributed by atoms with van der Waals surface area (Å²) in [6.07, 6.45) is 1.05. The van der Waals surface area contributed by atoms with Crippen LogP contribution in [-0.2, 0) is 0 Å². The third-order valence-electron chi connectivity index (χ3n) is 3.70. The fourth-order valence-corrected chi connectivity index (χ4v) is 2.51. The SMILES string of the molecule is CC[C@@H](C)Nc1nc(-c2ccc(Br)cc2)nc2ccccc12. The highest BCUT2D eigenvalue weighted by Gasteiger charge is 2.10. The summed E-state index contributed by atoms with van der Waals surface area (Å²) in [5, 5.41) is 4.55. The Balaban J connectivity index is 2.13. The Morgan fingerprint density at radius 1 is 1.05 bits per heavy atom. The third-order valence-corrected chi connectivity index (χ3v) is 4.23. The van der Waals surface area contributed by atoms with E-state index >= 15 is 0 Å². The molecule has 2 aromatic carbocycles. The van der Waals surface area contributed by atoms with Gasteiger partial charge in [-0.15, -0.1) is 0 Å². The summed E-state index contributed by atoms with van der Waals surface area (Å²) in [6.45, 7) is 4.33. The number of halogens is 1. The topological polar surface area (TPSA) is 37.8 Å². The van der Waals surface area contributed by atoms with Crippen LogP contribution in [0.5, 0.6) is 0 Å². The maximum atomic E-state index is 4.75. The van der Waals surface area contributed by atoms with Crippen molar-refractivity contribution in [2.24, 2.45) is 0 Å². The molecule has 0 saturated carbocycles. The number of rotatable bonds is 4. The van der Waals surface area contributed by atoms with Gasteiger partial charge in [0, 0.05) is 21.5 Å². The molecule has 0 amide bonds. The number of anilines is 1. The molecule has 3 nitrogen and oxygen atoms in total.